The molecular formula is C19H18F2N2O2. The lowest BCUT2D eigenvalue weighted by atomic mass is 10.1. The van der Waals surface area contributed by atoms with Crippen molar-refractivity contribution in [1.29, 1.82) is 0 Å². The van der Waals surface area contributed by atoms with Gasteiger partial charge in [-0.2, -0.15) is 0 Å². The first-order valence-electron chi connectivity index (χ1n) is 7.73. The van der Waals surface area contributed by atoms with E-state index in [0.29, 0.717) is 34.8 Å². The fourth-order valence-corrected chi connectivity index (χ4v) is 2.70. The Bertz CT molecular complexity index is 929. The normalized spacial score (nSPS) is 10.8. The maximum atomic E-state index is 14.0. The van der Waals surface area contributed by atoms with E-state index >= 15 is 0 Å². The molecule has 0 saturated carbocycles. The van der Waals surface area contributed by atoms with E-state index in [9.17, 15) is 8.78 Å². The molecule has 0 fully saturated rings. The Hall–Kier alpha value is -2.89. The van der Waals surface area contributed by atoms with E-state index in [-0.39, 0.29) is 5.52 Å². The van der Waals surface area contributed by atoms with Gasteiger partial charge < -0.3 is 14.8 Å². The van der Waals surface area contributed by atoms with Gasteiger partial charge in [0.15, 0.2) is 23.1 Å². The average molecular weight is 344 g/mol. The summed E-state index contributed by atoms with van der Waals surface area (Å²) >= 11 is 0. The molecule has 0 amide bonds. The van der Waals surface area contributed by atoms with Crippen molar-refractivity contribution in [2.45, 2.75) is 13.5 Å². The van der Waals surface area contributed by atoms with E-state index in [2.05, 4.69) is 10.3 Å². The zero-order chi connectivity index (χ0) is 18.0. The number of ether oxygens (including phenoxy) is 2. The zero-order valence-corrected chi connectivity index (χ0v) is 14.2. The van der Waals surface area contributed by atoms with Gasteiger partial charge in [-0.05, 0) is 42.8 Å². The van der Waals surface area contributed by atoms with Gasteiger partial charge in [-0.1, -0.05) is 6.07 Å². The molecular weight excluding hydrogens is 326 g/mol. The van der Waals surface area contributed by atoms with E-state index in [0.717, 1.165) is 11.6 Å². The molecule has 3 rings (SSSR count). The number of nitrogens with zero attached hydrogens (tertiary/aromatic N) is 1. The lowest BCUT2D eigenvalue weighted by molar-refractivity contribution is 0.354. The molecule has 1 N–H and O–H groups in total. The molecule has 0 saturated heterocycles. The van der Waals surface area contributed by atoms with Crippen LogP contribution in [0.2, 0.25) is 0 Å². The van der Waals surface area contributed by atoms with Gasteiger partial charge in [0, 0.05) is 23.3 Å². The Kier molecular flexibility index (Phi) is 4.70. The average Bonchev–Trinajstić information content (AvgIpc) is 2.62. The number of rotatable bonds is 5. The van der Waals surface area contributed by atoms with Crippen molar-refractivity contribution in [3.63, 3.8) is 0 Å². The van der Waals surface area contributed by atoms with Crippen LogP contribution in [0.3, 0.4) is 0 Å². The van der Waals surface area contributed by atoms with Crippen molar-refractivity contribution >= 4 is 16.6 Å². The number of halogens is 2. The lowest BCUT2D eigenvalue weighted by Crippen LogP contribution is -2.03. The van der Waals surface area contributed by atoms with Crippen molar-refractivity contribution < 1.29 is 18.3 Å². The Morgan fingerprint density at radius 1 is 1.00 bits per heavy atom. The van der Waals surface area contributed by atoms with Crippen molar-refractivity contribution in [1.82, 2.24) is 4.98 Å². The molecule has 1 aromatic heterocycles. The van der Waals surface area contributed by atoms with Gasteiger partial charge in [0.05, 0.1) is 14.2 Å². The molecule has 25 heavy (non-hydrogen) atoms. The highest BCUT2D eigenvalue weighted by Crippen LogP contribution is 2.29. The number of pyridine rings is 1. The summed E-state index contributed by atoms with van der Waals surface area (Å²) < 4.78 is 38.0. The lowest BCUT2D eigenvalue weighted by Gasteiger charge is -2.13. The quantitative estimate of drug-likeness (QED) is 0.743. The van der Waals surface area contributed by atoms with Crippen LogP contribution in [0.4, 0.5) is 14.5 Å². The van der Waals surface area contributed by atoms with Crippen LogP contribution in [0.1, 0.15) is 11.3 Å². The number of anilines is 1. The topological polar surface area (TPSA) is 43.4 Å². The van der Waals surface area contributed by atoms with E-state index < -0.39 is 11.6 Å². The number of aromatic nitrogens is 1. The van der Waals surface area contributed by atoms with Crippen molar-refractivity contribution in [3.8, 4) is 11.5 Å². The Morgan fingerprint density at radius 2 is 1.76 bits per heavy atom. The maximum Gasteiger partial charge on any atom is 0.185 e. The third-order valence-electron chi connectivity index (χ3n) is 3.93. The summed E-state index contributed by atoms with van der Waals surface area (Å²) in [7, 11) is 3.15. The summed E-state index contributed by atoms with van der Waals surface area (Å²) in [6.45, 7) is 2.23. The van der Waals surface area contributed by atoms with E-state index in [1.165, 1.54) is 6.07 Å². The van der Waals surface area contributed by atoms with E-state index in [1.54, 1.807) is 27.2 Å². The third kappa shape index (κ3) is 3.33. The summed E-state index contributed by atoms with van der Waals surface area (Å²) in [5, 5.41) is 3.79. The first-order chi connectivity index (χ1) is 12.0. The van der Waals surface area contributed by atoms with Crippen LogP contribution in [0.15, 0.2) is 36.4 Å². The van der Waals surface area contributed by atoms with Crippen molar-refractivity contribution in [2.24, 2.45) is 0 Å². The van der Waals surface area contributed by atoms with Crippen LogP contribution in [0.25, 0.3) is 10.9 Å². The molecule has 0 aliphatic heterocycles. The molecule has 0 radical (unpaired) electrons. The van der Waals surface area contributed by atoms with Crippen LogP contribution in [-0.2, 0) is 6.54 Å². The minimum Gasteiger partial charge on any atom is -0.493 e. The second-order valence-electron chi connectivity index (χ2n) is 5.61. The molecule has 130 valence electrons. The summed E-state index contributed by atoms with van der Waals surface area (Å²) in [4.78, 5) is 4.11. The van der Waals surface area contributed by atoms with Gasteiger partial charge in [-0.3, -0.25) is 0 Å². The first-order valence-corrected chi connectivity index (χ1v) is 7.73. The Morgan fingerprint density at radius 3 is 2.48 bits per heavy atom. The standard InChI is InChI=1S/C19H18F2N2O2/c1-11-8-15(13-5-6-14(20)18(21)19(13)23-11)22-10-12-4-7-16(24-2)17(9-12)25-3/h4-9H,10H2,1-3H3,(H,22,23). The molecule has 0 unspecified atom stereocenters. The number of fused-ring (bicyclic) bond motifs is 1. The van der Waals surface area contributed by atoms with E-state index in [1.807, 2.05) is 18.2 Å². The van der Waals surface area contributed by atoms with Gasteiger partial charge >= 0.3 is 0 Å². The maximum absolute atomic E-state index is 14.0. The van der Waals surface area contributed by atoms with Crippen LogP contribution in [0, 0.1) is 18.6 Å². The number of nitrogens with one attached hydrogen (secondary N) is 1. The highest BCUT2D eigenvalue weighted by Gasteiger charge is 2.12. The molecule has 1 heterocycles. The smallest absolute Gasteiger partial charge is 0.185 e. The zero-order valence-electron chi connectivity index (χ0n) is 14.2. The first kappa shape index (κ1) is 17.0. The molecule has 2 aromatic carbocycles. The van der Waals surface area contributed by atoms with Crippen LogP contribution in [-0.4, -0.2) is 19.2 Å². The van der Waals surface area contributed by atoms with Gasteiger partial charge in [0.2, 0.25) is 0 Å². The highest BCUT2D eigenvalue weighted by molar-refractivity contribution is 5.91. The summed E-state index contributed by atoms with van der Waals surface area (Å²) in [6.07, 6.45) is 0. The number of aryl methyl sites for hydroxylation is 1. The van der Waals surface area contributed by atoms with Crippen molar-refractivity contribution in [2.75, 3.05) is 19.5 Å². The van der Waals surface area contributed by atoms with Gasteiger partial charge in [0.1, 0.15) is 5.52 Å². The summed E-state index contributed by atoms with van der Waals surface area (Å²) in [6, 6.07) is 10.0. The minimum atomic E-state index is -0.935. The molecule has 0 bridgehead atoms. The second-order valence-corrected chi connectivity index (χ2v) is 5.61. The third-order valence-corrected chi connectivity index (χ3v) is 3.93. The molecule has 3 aromatic rings. The molecule has 4 nitrogen and oxygen atoms in total. The van der Waals surface area contributed by atoms with Gasteiger partial charge in [-0.15, -0.1) is 0 Å². The largest absolute Gasteiger partial charge is 0.493 e. The SMILES string of the molecule is COc1ccc(CNc2cc(C)nc3c(F)c(F)ccc23)cc1OC. The predicted molar refractivity (Wildman–Crippen MR) is 93.3 cm³/mol. The fraction of sp³-hybridized carbons (Fsp3) is 0.211. The van der Waals surface area contributed by atoms with Crippen molar-refractivity contribution in [3.05, 3.63) is 59.3 Å². The minimum absolute atomic E-state index is 0.0230. The number of hydrogen-bond donors (Lipinski definition) is 1. The van der Waals surface area contributed by atoms with E-state index in [4.69, 9.17) is 9.47 Å². The summed E-state index contributed by atoms with van der Waals surface area (Å²) in [5.74, 6) is -0.563. The highest BCUT2D eigenvalue weighted by atomic mass is 19.2. The number of benzene rings is 2. The monoisotopic (exact) mass is 344 g/mol. The molecule has 0 aliphatic carbocycles. The van der Waals surface area contributed by atoms with Gasteiger partial charge in [0.25, 0.3) is 0 Å². The Labute approximate surface area is 144 Å². The van der Waals surface area contributed by atoms with Crippen LogP contribution in [0.5, 0.6) is 11.5 Å². The number of hydrogen-bond acceptors (Lipinski definition) is 4. The molecule has 0 spiro atoms. The second kappa shape index (κ2) is 6.93. The van der Waals surface area contributed by atoms with Gasteiger partial charge in [-0.25, -0.2) is 13.8 Å². The molecule has 6 heteroatoms. The predicted octanol–water partition coefficient (Wildman–Crippen LogP) is 4.45. The molecule has 0 atom stereocenters. The summed E-state index contributed by atoms with van der Waals surface area (Å²) in [5.41, 5.74) is 2.28. The van der Waals surface area contributed by atoms with Crippen LogP contribution < -0.4 is 14.8 Å². The Balaban J connectivity index is 1.92. The number of methoxy groups -OCH3 is 2. The van der Waals surface area contributed by atoms with Crippen LogP contribution >= 0.6 is 0 Å². The molecule has 0 aliphatic rings. The fourth-order valence-electron chi connectivity index (χ4n) is 2.70.